The standard InChI is InChI=1S/C14H16FN3O/c1-8-11(7-18(2)17-8)14-6-12(16)10-5-9(15)3-4-13(10)19-14/h3-5,7,12,14H,6,16H2,1-2H3/t12-,14?/m0/s1. The SMILES string of the molecule is Cc1nn(C)cc1C1C[C@H](N)c2cc(F)ccc2O1. The minimum atomic E-state index is -0.284. The quantitative estimate of drug-likeness (QED) is 0.857. The summed E-state index contributed by atoms with van der Waals surface area (Å²) in [6.07, 6.45) is 2.45. The second-order valence-electron chi connectivity index (χ2n) is 4.97. The van der Waals surface area contributed by atoms with Gasteiger partial charge in [0.25, 0.3) is 0 Å². The van der Waals surface area contributed by atoms with Crippen LogP contribution in [0.1, 0.15) is 35.4 Å². The second kappa shape index (κ2) is 4.35. The Bertz CT molecular complexity index is 623. The molecule has 1 aromatic heterocycles. The van der Waals surface area contributed by atoms with Gasteiger partial charge in [0, 0.05) is 36.8 Å². The molecule has 1 aliphatic heterocycles. The number of benzene rings is 1. The minimum absolute atomic E-state index is 0.123. The van der Waals surface area contributed by atoms with Gasteiger partial charge in [-0.1, -0.05) is 0 Å². The fraction of sp³-hybridized carbons (Fsp3) is 0.357. The highest BCUT2D eigenvalue weighted by Crippen LogP contribution is 2.40. The van der Waals surface area contributed by atoms with Gasteiger partial charge in [-0.25, -0.2) is 4.39 Å². The van der Waals surface area contributed by atoms with Crippen LogP contribution in [0.5, 0.6) is 5.75 Å². The lowest BCUT2D eigenvalue weighted by atomic mass is 9.94. The number of aromatic nitrogens is 2. The third-order valence-corrected chi connectivity index (χ3v) is 3.51. The Hall–Kier alpha value is -1.88. The van der Waals surface area contributed by atoms with Crippen molar-refractivity contribution in [2.45, 2.75) is 25.5 Å². The summed E-state index contributed by atoms with van der Waals surface area (Å²) in [4.78, 5) is 0. The first-order valence-corrected chi connectivity index (χ1v) is 6.26. The smallest absolute Gasteiger partial charge is 0.129 e. The molecule has 4 nitrogen and oxygen atoms in total. The highest BCUT2D eigenvalue weighted by Gasteiger charge is 2.29. The van der Waals surface area contributed by atoms with E-state index in [2.05, 4.69) is 5.10 Å². The fourth-order valence-electron chi connectivity index (χ4n) is 2.60. The number of halogens is 1. The van der Waals surface area contributed by atoms with E-state index in [4.69, 9.17) is 10.5 Å². The summed E-state index contributed by atoms with van der Waals surface area (Å²) in [5, 5.41) is 4.32. The van der Waals surface area contributed by atoms with Crippen LogP contribution >= 0.6 is 0 Å². The molecule has 5 heteroatoms. The third-order valence-electron chi connectivity index (χ3n) is 3.51. The molecule has 3 rings (SSSR count). The molecule has 0 saturated heterocycles. The Labute approximate surface area is 111 Å². The Morgan fingerprint density at radius 1 is 1.42 bits per heavy atom. The molecule has 19 heavy (non-hydrogen) atoms. The number of fused-ring (bicyclic) bond motifs is 1. The number of hydrogen-bond donors (Lipinski definition) is 1. The molecule has 0 amide bonds. The van der Waals surface area contributed by atoms with Gasteiger partial charge in [-0.15, -0.1) is 0 Å². The summed E-state index contributed by atoms with van der Waals surface area (Å²) in [6, 6.07) is 4.27. The fourth-order valence-corrected chi connectivity index (χ4v) is 2.60. The molecule has 2 heterocycles. The molecular weight excluding hydrogens is 245 g/mol. The van der Waals surface area contributed by atoms with Crippen molar-refractivity contribution in [3.63, 3.8) is 0 Å². The minimum Gasteiger partial charge on any atom is -0.485 e. The zero-order chi connectivity index (χ0) is 13.6. The van der Waals surface area contributed by atoms with Gasteiger partial charge in [0.15, 0.2) is 0 Å². The van der Waals surface area contributed by atoms with E-state index in [1.807, 2.05) is 20.2 Å². The first-order valence-electron chi connectivity index (χ1n) is 6.26. The summed E-state index contributed by atoms with van der Waals surface area (Å²) in [5.41, 5.74) is 8.83. The number of ether oxygens (including phenoxy) is 1. The first kappa shape index (κ1) is 12.2. The summed E-state index contributed by atoms with van der Waals surface area (Å²) in [6.45, 7) is 1.95. The third kappa shape index (κ3) is 2.10. The maximum atomic E-state index is 13.2. The summed E-state index contributed by atoms with van der Waals surface area (Å²) in [7, 11) is 1.88. The van der Waals surface area contributed by atoms with Crippen molar-refractivity contribution in [2.75, 3.05) is 0 Å². The molecule has 100 valence electrons. The van der Waals surface area contributed by atoms with Crippen molar-refractivity contribution in [2.24, 2.45) is 12.8 Å². The monoisotopic (exact) mass is 261 g/mol. The van der Waals surface area contributed by atoms with Gasteiger partial charge in [0.05, 0.1) is 5.69 Å². The van der Waals surface area contributed by atoms with E-state index < -0.39 is 0 Å². The van der Waals surface area contributed by atoms with Crippen molar-refractivity contribution in [3.05, 3.63) is 47.0 Å². The number of aryl methyl sites for hydroxylation is 2. The van der Waals surface area contributed by atoms with Crippen LogP contribution in [0.4, 0.5) is 4.39 Å². The number of nitrogens with two attached hydrogens (primary N) is 1. The molecule has 1 unspecified atom stereocenters. The molecule has 1 aliphatic rings. The first-order chi connectivity index (χ1) is 9.04. The number of nitrogens with zero attached hydrogens (tertiary/aromatic N) is 2. The summed E-state index contributed by atoms with van der Waals surface area (Å²) < 4.78 is 20.9. The highest BCUT2D eigenvalue weighted by atomic mass is 19.1. The van der Waals surface area contributed by atoms with Gasteiger partial charge < -0.3 is 10.5 Å². The normalized spacial score (nSPS) is 21.9. The van der Waals surface area contributed by atoms with E-state index in [0.29, 0.717) is 12.2 Å². The largest absolute Gasteiger partial charge is 0.485 e. The highest BCUT2D eigenvalue weighted by molar-refractivity contribution is 5.39. The van der Waals surface area contributed by atoms with Gasteiger partial charge in [0.1, 0.15) is 17.7 Å². The Morgan fingerprint density at radius 2 is 2.21 bits per heavy atom. The molecule has 2 aromatic rings. The van der Waals surface area contributed by atoms with Crippen LogP contribution in [0.3, 0.4) is 0 Å². The van der Waals surface area contributed by atoms with E-state index in [9.17, 15) is 4.39 Å². The van der Waals surface area contributed by atoms with Crippen LogP contribution in [0.25, 0.3) is 0 Å². The predicted octanol–water partition coefficient (Wildman–Crippen LogP) is 2.39. The van der Waals surface area contributed by atoms with Crippen LogP contribution in [-0.4, -0.2) is 9.78 Å². The Balaban J connectivity index is 1.97. The van der Waals surface area contributed by atoms with Crippen LogP contribution in [-0.2, 0) is 7.05 Å². The van der Waals surface area contributed by atoms with Crippen molar-refractivity contribution >= 4 is 0 Å². The lowest BCUT2D eigenvalue weighted by Gasteiger charge is -2.30. The van der Waals surface area contributed by atoms with Crippen LogP contribution < -0.4 is 10.5 Å². The number of rotatable bonds is 1. The van der Waals surface area contributed by atoms with E-state index in [-0.39, 0.29) is 18.0 Å². The molecule has 1 aromatic carbocycles. The van der Waals surface area contributed by atoms with Gasteiger partial charge in [-0.2, -0.15) is 5.10 Å². The predicted molar refractivity (Wildman–Crippen MR) is 69.3 cm³/mol. The van der Waals surface area contributed by atoms with Crippen molar-refractivity contribution < 1.29 is 9.13 Å². The lowest BCUT2D eigenvalue weighted by molar-refractivity contribution is 0.160. The average molecular weight is 261 g/mol. The lowest BCUT2D eigenvalue weighted by Crippen LogP contribution is -2.24. The van der Waals surface area contributed by atoms with Crippen LogP contribution in [0.2, 0.25) is 0 Å². The molecule has 2 atom stereocenters. The van der Waals surface area contributed by atoms with Crippen molar-refractivity contribution in [1.82, 2.24) is 9.78 Å². The average Bonchev–Trinajstić information content (AvgIpc) is 2.69. The van der Waals surface area contributed by atoms with E-state index >= 15 is 0 Å². The molecule has 0 spiro atoms. The van der Waals surface area contributed by atoms with Gasteiger partial charge in [0.2, 0.25) is 0 Å². The van der Waals surface area contributed by atoms with Gasteiger partial charge in [-0.3, -0.25) is 4.68 Å². The Morgan fingerprint density at radius 3 is 2.89 bits per heavy atom. The summed E-state index contributed by atoms with van der Waals surface area (Å²) >= 11 is 0. The van der Waals surface area contributed by atoms with Crippen molar-refractivity contribution in [1.29, 1.82) is 0 Å². The van der Waals surface area contributed by atoms with Gasteiger partial charge in [-0.05, 0) is 25.1 Å². The number of hydrogen-bond acceptors (Lipinski definition) is 3. The van der Waals surface area contributed by atoms with E-state index in [1.165, 1.54) is 12.1 Å². The van der Waals surface area contributed by atoms with Crippen molar-refractivity contribution in [3.8, 4) is 5.75 Å². The molecule has 2 N–H and O–H groups in total. The summed E-state index contributed by atoms with van der Waals surface area (Å²) in [5.74, 6) is 0.377. The molecule has 0 fully saturated rings. The van der Waals surface area contributed by atoms with Crippen LogP contribution in [0, 0.1) is 12.7 Å². The Kier molecular flexibility index (Phi) is 2.78. The molecule has 0 aliphatic carbocycles. The van der Waals surface area contributed by atoms with Crippen LogP contribution in [0.15, 0.2) is 24.4 Å². The molecule has 0 bridgehead atoms. The second-order valence-corrected chi connectivity index (χ2v) is 4.97. The maximum Gasteiger partial charge on any atom is 0.129 e. The molecular formula is C14H16FN3O. The zero-order valence-electron chi connectivity index (χ0n) is 10.9. The zero-order valence-corrected chi connectivity index (χ0v) is 10.9. The molecule has 0 radical (unpaired) electrons. The van der Waals surface area contributed by atoms with Gasteiger partial charge >= 0.3 is 0 Å². The molecule has 0 saturated carbocycles. The topological polar surface area (TPSA) is 53.1 Å². The van der Waals surface area contributed by atoms with E-state index in [1.54, 1.807) is 10.7 Å². The van der Waals surface area contributed by atoms with E-state index in [0.717, 1.165) is 16.8 Å². The maximum absolute atomic E-state index is 13.2.